The van der Waals surface area contributed by atoms with Gasteiger partial charge in [0.1, 0.15) is 5.71 Å². The number of hydrogen-bond acceptors (Lipinski definition) is 4. The standard InChI is InChI=1S/C38H35BN4/c1-5-24(2)33-18-14-27-10-6-8-12-34(27)37(33)41-39-29-16-19-31(25(3)22-29)32-20-17-30(23-26(32)4)42-43-38-35-13-9-7-11-28(35)15-21-36(38)40/h6-23,39-40,42H,5H2,1-4H3/b33-24-,40-36?,41-37+,43-38-. The molecule has 5 heteroatoms. The molecular formula is C38H35BN4. The molecule has 210 valence electrons. The Labute approximate surface area is 255 Å². The average molecular weight is 559 g/mol. The minimum atomic E-state index is 0.400. The molecule has 0 saturated heterocycles. The number of allylic oxidation sites excluding steroid dienone is 4. The molecule has 0 saturated carbocycles. The van der Waals surface area contributed by atoms with Gasteiger partial charge in [0, 0.05) is 11.1 Å². The molecule has 43 heavy (non-hydrogen) atoms. The van der Waals surface area contributed by atoms with Gasteiger partial charge in [-0.2, -0.15) is 5.10 Å². The maximum Gasteiger partial charge on any atom is 0.295 e. The molecule has 0 amide bonds. The SMILES string of the molecule is CC/C(C)=C1/C=Cc2ccccc2/C1=N/Bc1ccc(-c2ccc(N/N=C3\C(=N)C=Cc4ccccc43)cc2C)c(C)c1. The summed E-state index contributed by atoms with van der Waals surface area (Å²) in [7, 11) is 0.634. The van der Waals surface area contributed by atoms with Gasteiger partial charge in [0.15, 0.2) is 0 Å². The van der Waals surface area contributed by atoms with E-state index < -0.39 is 0 Å². The van der Waals surface area contributed by atoms with E-state index in [1.165, 1.54) is 44.4 Å². The zero-order valence-corrected chi connectivity index (χ0v) is 25.2. The van der Waals surface area contributed by atoms with Crippen molar-refractivity contribution in [3.05, 3.63) is 142 Å². The minimum Gasteiger partial charge on any atom is -0.340 e. The fourth-order valence-corrected chi connectivity index (χ4v) is 5.79. The normalized spacial score (nSPS) is 16.7. The molecule has 2 N–H and O–H groups in total. The van der Waals surface area contributed by atoms with Crippen LogP contribution in [0.25, 0.3) is 23.3 Å². The van der Waals surface area contributed by atoms with Gasteiger partial charge in [-0.05, 0) is 84.4 Å². The van der Waals surface area contributed by atoms with Crippen molar-refractivity contribution in [3.63, 3.8) is 0 Å². The van der Waals surface area contributed by atoms with Gasteiger partial charge >= 0.3 is 0 Å². The van der Waals surface area contributed by atoms with Gasteiger partial charge in [-0.3, -0.25) is 10.8 Å². The van der Waals surface area contributed by atoms with Crippen LogP contribution in [0.2, 0.25) is 0 Å². The Morgan fingerprint density at radius 2 is 1.35 bits per heavy atom. The van der Waals surface area contributed by atoms with Crippen molar-refractivity contribution in [2.45, 2.75) is 34.1 Å². The molecule has 4 aromatic rings. The van der Waals surface area contributed by atoms with Gasteiger partial charge in [0.2, 0.25) is 0 Å². The summed E-state index contributed by atoms with van der Waals surface area (Å²) in [4.78, 5) is 5.16. The maximum atomic E-state index is 8.36. The summed E-state index contributed by atoms with van der Waals surface area (Å²) in [6.07, 6.45) is 9.18. The number of nitrogens with one attached hydrogen (secondary N) is 2. The van der Waals surface area contributed by atoms with Gasteiger partial charge in [0.05, 0.1) is 17.1 Å². The second-order valence-electron chi connectivity index (χ2n) is 11.2. The van der Waals surface area contributed by atoms with Gasteiger partial charge in [-0.25, -0.2) is 0 Å². The Balaban J connectivity index is 1.23. The van der Waals surface area contributed by atoms with Crippen LogP contribution in [-0.4, -0.2) is 24.5 Å². The van der Waals surface area contributed by atoms with Crippen LogP contribution in [0.1, 0.15) is 53.6 Å². The molecular weight excluding hydrogens is 523 g/mol. The van der Waals surface area contributed by atoms with Crippen molar-refractivity contribution in [3.8, 4) is 11.1 Å². The Hall–Kier alpha value is -5.03. The molecule has 6 rings (SSSR count). The van der Waals surface area contributed by atoms with Gasteiger partial charge in [-0.15, -0.1) is 0 Å². The van der Waals surface area contributed by atoms with Crippen molar-refractivity contribution in [1.29, 1.82) is 5.41 Å². The van der Waals surface area contributed by atoms with Crippen molar-refractivity contribution < 1.29 is 0 Å². The molecule has 4 aromatic carbocycles. The van der Waals surface area contributed by atoms with Gasteiger partial charge < -0.3 is 4.90 Å². The van der Waals surface area contributed by atoms with Gasteiger partial charge in [-0.1, -0.05) is 109 Å². The number of fused-ring (bicyclic) bond motifs is 2. The molecule has 0 spiro atoms. The highest BCUT2D eigenvalue weighted by molar-refractivity contribution is 6.54. The summed E-state index contributed by atoms with van der Waals surface area (Å²) in [6.45, 7) is 8.71. The first kappa shape index (κ1) is 28.1. The fraction of sp³-hybridized carbons (Fsp3) is 0.132. The third-order valence-electron chi connectivity index (χ3n) is 8.32. The topological polar surface area (TPSA) is 60.6 Å². The number of hydrogen-bond donors (Lipinski definition) is 2. The largest absolute Gasteiger partial charge is 0.340 e. The van der Waals surface area contributed by atoms with E-state index in [0.717, 1.165) is 34.5 Å². The van der Waals surface area contributed by atoms with Gasteiger partial charge in [0.25, 0.3) is 7.41 Å². The van der Waals surface area contributed by atoms with Crippen LogP contribution in [0.5, 0.6) is 0 Å². The van der Waals surface area contributed by atoms with Crippen molar-refractivity contribution in [1.82, 2.24) is 0 Å². The zero-order valence-electron chi connectivity index (χ0n) is 25.2. The first-order valence-corrected chi connectivity index (χ1v) is 14.9. The molecule has 0 bridgehead atoms. The lowest BCUT2D eigenvalue weighted by molar-refractivity contribution is 1.09. The summed E-state index contributed by atoms with van der Waals surface area (Å²) in [5, 5.41) is 13.0. The Morgan fingerprint density at radius 1 is 0.721 bits per heavy atom. The van der Waals surface area contributed by atoms with E-state index in [1.807, 2.05) is 30.3 Å². The molecule has 0 aliphatic heterocycles. The van der Waals surface area contributed by atoms with Crippen LogP contribution >= 0.6 is 0 Å². The highest BCUT2D eigenvalue weighted by Gasteiger charge is 2.18. The molecule has 0 aromatic heterocycles. The summed E-state index contributed by atoms with van der Waals surface area (Å²) < 4.78 is 0. The van der Waals surface area contributed by atoms with E-state index in [2.05, 4.69) is 111 Å². The molecule has 2 aliphatic carbocycles. The second-order valence-corrected chi connectivity index (χ2v) is 11.2. The predicted molar refractivity (Wildman–Crippen MR) is 187 cm³/mol. The Kier molecular flexibility index (Phi) is 7.89. The lowest BCUT2D eigenvalue weighted by Crippen LogP contribution is -2.18. The fourth-order valence-electron chi connectivity index (χ4n) is 5.79. The zero-order chi connectivity index (χ0) is 29.9. The molecule has 0 atom stereocenters. The lowest BCUT2D eigenvalue weighted by atomic mass is 9.79. The summed E-state index contributed by atoms with van der Waals surface area (Å²) in [6, 6.07) is 29.5. The van der Waals surface area contributed by atoms with Crippen LogP contribution in [0, 0.1) is 19.3 Å². The summed E-state index contributed by atoms with van der Waals surface area (Å²) in [5.41, 5.74) is 19.3. The van der Waals surface area contributed by atoms with E-state index in [4.69, 9.17) is 10.3 Å². The molecule has 0 radical (unpaired) electrons. The monoisotopic (exact) mass is 558 g/mol. The van der Waals surface area contributed by atoms with Crippen molar-refractivity contribution in [2.75, 3.05) is 5.43 Å². The Bertz CT molecular complexity index is 1900. The first-order chi connectivity index (χ1) is 20.9. The minimum absolute atomic E-state index is 0.400. The predicted octanol–water partition coefficient (Wildman–Crippen LogP) is 8.05. The van der Waals surface area contributed by atoms with Crippen LogP contribution < -0.4 is 10.9 Å². The summed E-state index contributed by atoms with van der Waals surface area (Å²) in [5.74, 6) is 0. The highest BCUT2D eigenvalue weighted by Crippen LogP contribution is 2.29. The third-order valence-corrected chi connectivity index (χ3v) is 8.32. The van der Waals surface area contributed by atoms with Crippen LogP contribution in [0.15, 0.2) is 118 Å². The lowest BCUT2D eigenvalue weighted by Gasteiger charge is -2.19. The highest BCUT2D eigenvalue weighted by atomic mass is 15.3. The first-order valence-electron chi connectivity index (χ1n) is 14.9. The molecule has 0 fully saturated rings. The summed E-state index contributed by atoms with van der Waals surface area (Å²) >= 11 is 0. The van der Waals surface area contributed by atoms with E-state index in [9.17, 15) is 0 Å². The number of benzene rings is 4. The van der Waals surface area contributed by atoms with E-state index in [1.54, 1.807) is 6.08 Å². The van der Waals surface area contributed by atoms with E-state index in [-0.39, 0.29) is 0 Å². The van der Waals surface area contributed by atoms with E-state index >= 15 is 0 Å². The number of rotatable bonds is 6. The van der Waals surface area contributed by atoms with Crippen LogP contribution in [-0.2, 0) is 0 Å². The van der Waals surface area contributed by atoms with Crippen molar-refractivity contribution >= 4 is 47.9 Å². The Morgan fingerprint density at radius 3 is 2.02 bits per heavy atom. The average Bonchev–Trinajstić information content (AvgIpc) is 3.03. The third kappa shape index (κ3) is 5.71. The van der Waals surface area contributed by atoms with Crippen LogP contribution in [0.4, 0.5) is 5.69 Å². The molecule has 0 heterocycles. The molecule has 4 nitrogen and oxygen atoms in total. The maximum absolute atomic E-state index is 8.36. The molecule has 2 aliphatic rings. The molecule has 0 unspecified atom stereocenters. The number of aryl methyl sites for hydroxylation is 2. The number of anilines is 1. The number of hydrazone groups is 1. The number of nitrogens with zero attached hydrogens (tertiary/aromatic N) is 2. The quantitative estimate of drug-likeness (QED) is 0.183. The van der Waals surface area contributed by atoms with Crippen LogP contribution in [0.3, 0.4) is 0 Å². The van der Waals surface area contributed by atoms with E-state index in [0.29, 0.717) is 18.8 Å². The second kappa shape index (κ2) is 12.1. The smallest absolute Gasteiger partial charge is 0.295 e. The van der Waals surface area contributed by atoms with Crippen molar-refractivity contribution in [2.24, 2.45) is 10.0 Å².